The molecule has 4 saturated carbocycles. The highest BCUT2D eigenvalue weighted by Gasteiger charge is 2.61. The molecule has 2 nitrogen and oxygen atoms in total. The monoisotopic (exact) mass is 803 g/mol. The molecule has 1 spiro atoms. The van der Waals surface area contributed by atoms with Crippen molar-refractivity contribution in [3.8, 4) is 44.9 Å². The van der Waals surface area contributed by atoms with Crippen molar-refractivity contribution in [2.45, 2.75) is 37.5 Å². The van der Waals surface area contributed by atoms with Crippen LogP contribution in [0.2, 0.25) is 0 Å². The van der Waals surface area contributed by atoms with Crippen molar-refractivity contribution in [3.05, 3.63) is 199 Å². The molecule has 0 radical (unpaired) electrons. The van der Waals surface area contributed by atoms with Crippen LogP contribution < -0.4 is 9.64 Å². The maximum Gasteiger partial charge on any atom is 0.131 e. The highest BCUT2D eigenvalue weighted by Crippen LogP contribution is 2.69. The third-order valence-corrected chi connectivity index (χ3v) is 16.1. The van der Waals surface area contributed by atoms with E-state index in [1.54, 1.807) is 0 Å². The highest BCUT2D eigenvalue weighted by molar-refractivity contribution is 7.25. The van der Waals surface area contributed by atoms with E-state index in [0.29, 0.717) is 11.8 Å². The Morgan fingerprint density at radius 2 is 1.05 bits per heavy atom. The van der Waals surface area contributed by atoms with Crippen molar-refractivity contribution in [1.29, 1.82) is 0 Å². The van der Waals surface area contributed by atoms with Crippen molar-refractivity contribution in [3.63, 3.8) is 0 Å². The number of anilines is 3. The predicted octanol–water partition coefficient (Wildman–Crippen LogP) is 16.4. The molecule has 8 aromatic carbocycles. The van der Waals surface area contributed by atoms with Gasteiger partial charge in [-0.15, -0.1) is 11.3 Å². The Balaban J connectivity index is 0.978. The molecule has 4 bridgehead atoms. The minimum atomic E-state index is -0.0393. The lowest BCUT2D eigenvalue weighted by molar-refractivity contribution is -0.0452. The van der Waals surface area contributed by atoms with Crippen LogP contribution in [0.4, 0.5) is 17.1 Å². The number of rotatable bonds is 6. The summed E-state index contributed by atoms with van der Waals surface area (Å²) in [5, 5.41) is 2.66. The van der Waals surface area contributed by atoms with Crippen LogP contribution in [0.5, 0.6) is 11.5 Å². The van der Waals surface area contributed by atoms with Gasteiger partial charge in [-0.05, 0) is 138 Å². The largest absolute Gasteiger partial charge is 0.457 e. The first kappa shape index (κ1) is 35.3. The maximum absolute atomic E-state index is 6.89. The molecule has 2 heterocycles. The van der Waals surface area contributed by atoms with E-state index in [9.17, 15) is 0 Å². The second kappa shape index (κ2) is 13.8. The number of ether oxygens (including phenoxy) is 1. The van der Waals surface area contributed by atoms with E-state index in [-0.39, 0.29) is 5.41 Å². The lowest BCUT2D eigenvalue weighted by Gasteiger charge is -2.63. The molecule has 0 amide bonds. The van der Waals surface area contributed by atoms with Crippen LogP contribution in [0.15, 0.2) is 188 Å². The van der Waals surface area contributed by atoms with E-state index >= 15 is 0 Å². The molecule has 61 heavy (non-hydrogen) atoms. The summed E-state index contributed by atoms with van der Waals surface area (Å²) in [6.45, 7) is 0. The van der Waals surface area contributed by atoms with Crippen molar-refractivity contribution in [1.82, 2.24) is 0 Å². The van der Waals surface area contributed by atoms with Crippen molar-refractivity contribution in [2.75, 3.05) is 4.90 Å². The van der Waals surface area contributed by atoms with Crippen LogP contribution in [-0.2, 0) is 5.41 Å². The van der Waals surface area contributed by atoms with E-state index in [0.717, 1.165) is 34.7 Å². The first-order valence-electron chi connectivity index (χ1n) is 22.2. The third kappa shape index (κ3) is 5.39. The van der Waals surface area contributed by atoms with Crippen LogP contribution in [-0.4, -0.2) is 0 Å². The van der Waals surface area contributed by atoms with Gasteiger partial charge in [0.15, 0.2) is 0 Å². The molecule has 0 atom stereocenters. The van der Waals surface area contributed by atoms with Gasteiger partial charge in [0.25, 0.3) is 0 Å². The number of thiophene rings is 1. The average Bonchev–Trinajstić information content (AvgIpc) is 3.70. The van der Waals surface area contributed by atoms with Crippen molar-refractivity contribution < 1.29 is 4.74 Å². The summed E-state index contributed by atoms with van der Waals surface area (Å²) >= 11 is 1.88. The molecule has 9 aromatic rings. The van der Waals surface area contributed by atoms with Gasteiger partial charge in [-0.2, -0.15) is 0 Å². The Morgan fingerprint density at radius 1 is 0.443 bits per heavy atom. The molecule has 14 rings (SSSR count). The number of para-hydroxylation sites is 2. The molecule has 4 fully saturated rings. The van der Waals surface area contributed by atoms with E-state index < -0.39 is 0 Å². The van der Waals surface area contributed by atoms with Crippen LogP contribution in [0.25, 0.3) is 53.6 Å². The Kier molecular flexibility index (Phi) is 8.00. The fourth-order valence-electron chi connectivity index (χ4n) is 12.8. The molecule has 294 valence electrons. The van der Waals surface area contributed by atoms with E-state index in [4.69, 9.17) is 4.74 Å². The molecular weight excluding hydrogens is 759 g/mol. The number of benzene rings is 8. The summed E-state index contributed by atoms with van der Waals surface area (Å²) in [6, 6.07) is 69.7. The van der Waals surface area contributed by atoms with Gasteiger partial charge in [0.1, 0.15) is 11.5 Å². The van der Waals surface area contributed by atoms with Gasteiger partial charge in [0, 0.05) is 53.7 Å². The van der Waals surface area contributed by atoms with Crippen LogP contribution in [0.1, 0.15) is 43.2 Å². The zero-order valence-electron chi connectivity index (χ0n) is 34.0. The van der Waals surface area contributed by atoms with Gasteiger partial charge in [0.2, 0.25) is 0 Å². The summed E-state index contributed by atoms with van der Waals surface area (Å²) in [4.78, 5) is 2.50. The smallest absolute Gasteiger partial charge is 0.131 e. The Labute approximate surface area is 361 Å². The van der Waals surface area contributed by atoms with Gasteiger partial charge >= 0.3 is 0 Å². The number of hydrogen-bond acceptors (Lipinski definition) is 3. The van der Waals surface area contributed by atoms with Gasteiger partial charge in [-0.25, -0.2) is 0 Å². The standard InChI is InChI=1S/C58H45NOS/c1-2-13-39(14-3-1)46-16-6-9-21-52(46)59(44-29-30-54-51(36-44)58(50-20-8-10-22-53(50)60-54)41-32-37-31-38(34-41)35-42(58)33-37)43-27-25-40(26-28-43)45-15-4-5-17-47(45)48-19-12-24-56-57(48)49-18-7-11-23-55(49)61-56/h1-30,36-38,41-42H,31-35H2. The number of fused-ring (bicyclic) bond motifs is 5. The Morgan fingerprint density at radius 3 is 1.87 bits per heavy atom. The van der Waals surface area contributed by atoms with Crippen LogP contribution in [0, 0.1) is 23.7 Å². The molecular formula is C58H45NOS. The Hall–Kier alpha value is -6.42. The molecule has 1 aromatic heterocycles. The molecule has 0 N–H and O–H groups in total. The first-order chi connectivity index (χ1) is 30.2. The van der Waals surface area contributed by atoms with E-state index in [1.165, 1.54) is 102 Å². The second-order valence-electron chi connectivity index (χ2n) is 18.0. The molecule has 5 aliphatic rings. The fourth-order valence-corrected chi connectivity index (χ4v) is 13.9. The average molecular weight is 804 g/mol. The normalized spacial score (nSPS) is 22.0. The summed E-state index contributed by atoms with van der Waals surface area (Å²) < 4.78 is 9.54. The molecule has 1 aliphatic heterocycles. The SMILES string of the molecule is c1ccc(-c2ccccc2N(c2ccc(-c3ccccc3-c3cccc4sc5ccccc5c34)cc2)c2ccc3c(c2)C2(c4ccccc4O3)C3CC4CC(C3)CC2C4)cc1. The minimum Gasteiger partial charge on any atom is -0.457 e. The van der Waals surface area contributed by atoms with Crippen molar-refractivity contribution in [2.24, 2.45) is 23.7 Å². The van der Waals surface area contributed by atoms with E-state index in [1.807, 2.05) is 11.3 Å². The first-order valence-corrected chi connectivity index (χ1v) is 23.0. The highest BCUT2D eigenvalue weighted by atomic mass is 32.1. The number of nitrogens with zero attached hydrogens (tertiary/aromatic N) is 1. The van der Waals surface area contributed by atoms with Gasteiger partial charge in [0.05, 0.1) is 5.69 Å². The molecule has 0 saturated heterocycles. The maximum atomic E-state index is 6.89. The minimum absolute atomic E-state index is 0.0393. The topological polar surface area (TPSA) is 12.5 Å². The quantitative estimate of drug-likeness (QED) is 0.166. The summed E-state index contributed by atoms with van der Waals surface area (Å²) in [5.41, 5.74) is 13.6. The van der Waals surface area contributed by atoms with Gasteiger partial charge in [-0.3, -0.25) is 0 Å². The van der Waals surface area contributed by atoms with Crippen LogP contribution >= 0.6 is 11.3 Å². The van der Waals surface area contributed by atoms with Crippen molar-refractivity contribution >= 4 is 48.6 Å². The molecule has 0 unspecified atom stereocenters. The third-order valence-electron chi connectivity index (χ3n) is 14.9. The lowest BCUT2D eigenvalue weighted by Crippen LogP contribution is -2.57. The molecule has 4 aliphatic carbocycles. The van der Waals surface area contributed by atoms with Crippen LogP contribution in [0.3, 0.4) is 0 Å². The van der Waals surface area contributed by atoms with Gasteiger partial charge < -0.3 is 9.64 Å². The summed E-state index contributed by atoms with van der Waals surface area (Å²) in [5.74, 6) is 5.08. The number of hydrogen-bond donors (Lipinski definition) is 0. The summed E-state index contributed by atoms with van der Waals surface area (Å²) in [6.07, 6.45) is 6.73. The predicted molar refractivity (Wildman–Crippen MR) is 255 cm³/mol. The Bertz CT molecular complexity index is 3110. The fraction of sp³-hybridized carbons (Fsp3) is 0.172. The van der Waals surface area contributed by atoms with Gasteiger partial charge in [-0.1, -0.05) is 133 Å². The summed E-state index contributed by atoms with van der Waals surface area (Å²) in [7, 11) is 0. The second-order valence-corrected chi connectivity index (χ2v) is 19.1. The molecule has 3 heteroatoms. The zero-order chi connectivity index (χ0) is 40.1. The zero-order valence-corrected chi connectivity index (χ0v) is 34.8. The van der Waals surface area contributed by atoms with E-state index in [2.05, 4.69) is 193 Å². The lowest BCUT2D eigenvalue weighted by atomic mass is 9.42.